The Morgan fingerprint density at radius 2 is 2.21 bits per heavy atom. The van der Waals surface area contributed by atoms with E-state index in [4.69, 9.17) is 11.6 Å². The number of piperidine rings is 1. The number of alkyl halides is 4. The maximum atomic E-state index is 13.3. The van der Waals surface area contributed by atoms with Crippen molar-refractivity contribution in [3.8, 4) is 0 Å². The van der Waals surface area contributed by atoms with Gasteiger partial charge in [-0.05, 0) is 35.8 Å². The number of nitrogens with zero attached hydrogens (tertiary/aromatic N) is 1. The van der Waals surface area contributed by atoms with Gasteiger partial charge in [-0.3, -0.25) is 4.79 Å². The second-order valence-corrected chi connectivity index (χ2v) is 9.93. The Kier molecular flexibility index (Phi) is 5.86. The predicted molar refractivity (Wildman–Crippen MR) is 111 cm³/mol. The van der Waals surface area contributed by atoms with Gasteiger partial charge in [0.05, 0.1) is 22.5 Å². The lowest BCUT2D eigenvalue weighted by atomic mass is 9.82. The van der Waals surface area contributed by atoms with E-state index < -0.39 is 28.8 Å². The van der Waals surface area contributed by atoms with Crippen LogP contribution in [-0.4, -0.2) is 47.4 Å². The van der Waals surface area contributed by atoms with E-state index in [1.54, 1.807) is 11.8 Å². The molecule has 0 radical (unpaired) electrons. The Balaban J connectivity index is 1.76. The highest BCUT2D eigenvalue weighted by atomic mass is 35.5. The maximum absolute atomic E-state index is 13.3. The lowest BCUT2D eigenvalue weighted by molar-refractivity contribution is -0.177. The molecule has 3 aliphatic heterocycles. The van der Waals surface area contributed by atoms with Crippen molar-refractivity contribution in [1.82, 2.24) is 10.2 Å². The molecule has 1 aliphatic carbocycles. The molecule has 3 heterocycles. The number of halogens is 4. The second kappa shape index (κ2) is 7.97. The van der Waals surface area contributed by atoms with Gasteiger partial charge in [-0.15, -0.1) is 11.6 Å². The summed E-state index contributed by atoms with van der Waals surface area (Å²) >= 11 is 8.76. The van der Waals surface area contributed by atoms with Gasteiger partial charge in [0, 0.05) is 24.5 Å². The van der Waals surface area contributed by atoms with E-state index in [0.29, 0.717) is 13.1 Å². The van der Waals surface area contributed by atoms with E-state index in [9.17, 15) is 18.0 Å². The first-order valence-corrected chi connectivity index (χ1v) is 11.6. The minimum Gasteiger partial charge on any atom is -0.359 e. The molecular formula is C21H26ClF3N2OS. The number of allylic oxidation sites excluding steroid dienone is 2. The first kappa shape index (κ1) is 21.3. The fourth-order valence-electron chi connectivity index (χ4n) is 5.15. The summed E-state index contributed by atoms with van der Waals surface area (Å²) in [7, 11) is 0. The number of fused-ring (bicyclic) bond motifs is 2. The summed E-state index contributed by atoms with van der Waals surface area (Å²) in [5.41, 5.74) is 3.07. The van der Waals surface area contributed by atoms with Crippen LogP contribution in [0.1, 0.15) is 45.4 Å². The van der Waals surface area contributed by atoms with Crippen LogP contribution in [-0.2, 0) is 4.79 Å². The number of hydrogen-bond acceptors (Lipinski definition) is 4. The summed E-state index contributed by atoms with van der Waals surface area (Å²) in [6, 6.07) is -0.525. The number of nitrogens with one attached hydrogen (secondary N) is 1. The van der Waals surface area contributed by atoms with E-state index in [0.717, 1.165) is 60.3 Å². The molecule has 0 aromatic carbocycles. The number of rotatable bonds is 5. The third kappa shape index (κ3) is 3.68. The van der Waals surface area contributed by atoms with Crippen molar-refractivity contribution in [2.45, 2.75) is 62.5 Å². The summed E-state index contributed by atoms with van der Waals surface area (Å²) in [6.07, 6.45) is 2.83. The maximum Gasteiger partial charge on any atom is 0.450 e. The Bertz CT molecular complexity index is 791. The molecular weight excluding hydrogens is 421 g/mol. The molecule has 0 amide bonds. The van der Waals surface area contributed by atoms with Crippen molar-refractivity contribution in [3.05, 3.63) is 33.2 Å². The van der Waals surface area contributed by atoms with Crippen LogP contribution in [0.5, 0.6) is 0 Å². The summed E-state index contributed by atoms with van der Waals surface area (Å²) in [4.78, 5) is 14.9. The summed E-state index contributed by atoms with van der Waals surface area (Å²) in [5.74, 6) is -2.75. The molecule has 3 unspecified atom stereocenters. The van der Waals surface area contributed by atoms with Crippen molar-refractivity contribution in [1.29, 1.82) is 0 Å². The SMILES string of the molecule is CCCCCC1(Cl)CCC2=C3CNCC(C(=O)C(F)(F)F)C3N3CC=CSC1=C23. The zero-order valence-electron chi connectivity index (χ0n) is 16.4. The van der Waals surface area contributed by atoms with E-state index in [1.165, 1.54) is 0 Å². The number of carbonyl (C=O) groups is 1. The van der Waals surface area contributed by atoms with Gasteiger partial charge in [-0.25, -0.2) is 0 Å². The van der Waals surface area contributed by atoms with Crippen molar-refractivity contribution < 1.29 is 18.0 Å². The Morgan fingerprint density at radius 1 is 1.41 bits per heavy atom. The largest absolute Gasteiger partial charge is 0.450 e. The van der Waals surface area contributed by atoms with Gasteiger partial charge >= 0.3 is 6.18 Å². The van der Waals surface area contributed by atoms with Crippen LogP contribution in [0.15, 0.2) is 33.2 Å². The highest BCUT2D eigenvalue weighted by molar-refractivity contribution is 8.06. The number of carbonyl (C=O) groups excluding carboxylic acids is 1. The zero-order chi connectivity index (χ0) is 20.8. The molecule has 0 bridgehead atoms. The molecule has 0 aromatic heterocycles. The molecule has 0 aromatic rings. The molecule has 3 atom stereocenters. The van der Waals surface area contributed by atoms with E-state index >= 15 is 0 Å². The van der Waals surface area contributed by atoms with Crippen LogP contribution in [0.25, 0.3) is 0 Å². The van der Waals surface area contributed by atoms with Gasteiger partial charge in [-0.2, -0.15) is 13.2 Å². The van der Waals surface area contributed by atoms with Crippen LogP contribution >= 0.6 is 23.4 Å². The standard InChI is InChI=1S/C21H26ClF3N2OS/c1-2-3-4-7-20(22)8-6-13-14-11-26-12-15(18(28)21(23,24)25)16(14)27-9-5-10-29-19(20)17(13)27/h5,10,15-16,26H,2-4,6-9,11-12H2,1H3. The first-order valence-electron chi connectivity index (χ1n) is 10.3. The average Bonchev–Trinajstić information content (AvgIpc) is 2.83. The predicted octanol–water partition coefficient (Wildman–Crippen LogP) is 5.14. The van der Waals surface area contributed by atoms with Gasteiger partial charge in [0.25, 0.3) is 0 Å². The lowest BCUT2D eigenvalue weighted by Crippen LogP contribution is -2.53. The van der Waals surface area contributed by atoms with E-state index in [2.05, 4.69) is 12.2 Å². The van der Waals surface area contributed by atoms with E-state index in [1.807, 2.05) is 16.4 Å². The second-order valence-electron chi connectivity index (χ2n) is 8.29. The van der Waals surface area contributed by atoms with Crippen molar-refractivity contribution >= 4 is 29.1 Å². The average molecular weight is 447 g/mol. The summed E-state index contributed by atoms with van der Waals surface area (Å²) < 4.78 is 39.9. The molecule has 8 heteroatoms. The highest BCUT2D eigenvalue weighted by Crippen LogP contribution is 2.56. The van der Waals surface area contributed by atoms with Gasteiger partial charge < -0.3 is 10.2 Å². The van der Waals surface area contributed by atoms with Crippen molar-refractivity contribution in [3.63, 3.8) is 0 Å². The molecule has 160 valence electrons. The van der Waals surface area contributed by atoms with Gasteiger partial charge in [-0.1, -0.05) is 44.0 Å². The lowest BCUT2D eigenvalue weighted by Gasteiger charge is -2.40. The first-order chi connectivity index (χ1) is 13.8. The van der Waals surface area contributed by atoms with Crippen LogP contribution in [0, 0.1) is 5.92 Å². The fourth-order valence-corrected chi connectivity index (χ4v) is 6.69. The Labute approximate surface area is 178 Å². The minimum absolute atomic E-state index is 0.0538. The fraction of sp³-hybridized carbons (Fsp3) is 0.667. The normalized spacial score (nSPS) is 31.7. The molecule has 4 rings (SSSR count). The number of thioether (sulfide) groups is 1. The van der Waals surface area contributed by atoms with Crippen LogP contribution in [0.3, 0.4) is 0 Å². The summed E-state index contributed by atoms with van der Waals surface area (Å²) in [6.45, 7) is 3.25. The van der Waals surface area contributed by atoms with Crippen LogP contribution in [0.2, 0.25) is 0 Å². The quantitative estimate of drug-likeness (QED) is 0.468. The number of unbranched alkanes of at least 4 members (excludes halogenated alkanes) is 2. The molecule has 1 fully saturated rings. The summed E-state index contributed by atoms with van der Waals surface area (Å²) in [5, 5.41) is 5.07. The van der Waals surface area contributed by atoms with Crippen LogP contribution in [0.4, 0.5) is 13.2 Å². The molecule has 1 saturated heterocycles. The highest BCUT2D eigenvalue weighted by Gasteiger charge is 2.54. The molecule has 1 N–H and O–H groups in total. The van der Waals surface area contributed by atoms with Crippen molar-refractivity contribution in [2.24, 2.45) is 5.92 Å². The third-order valence-electron chi connectivity index (χ3n) is 6.48. The van der Waals surface area contributed by atoms with E-state index in [-0.39, 0.29) is 6.54 Å². The van der Waals surface area contributed by atoms with Crippen molar-refractivity contribution in [2.75, 3.05) is 19.6 Å². The number of hydrogen-bond donors (Lipinski definition) is 1. The van der Waals surface area contributed by atoms with Gasteiger partial charge in [0.15, 0.2) is 0 Å². The molecule has 0 spiro atoms. The zero-order valence-corrected chi connectivity index (χ0v) is 18.0. The third-order valence-corrected chi connectivity index (χ3v) is 8.31. The topological polar surface area (TPSA) is 32.3 Å². The molecule has 4 aliphatic rings. The monoisotopic (exact) mass is 446 g/mol. The molecule has 0 saturated carbocycles. The minimum atomic E-state index is -4.82. The molecule has 29 heavy (non-hydrogen) atoms. The van der Waals surface area contributed by atoms with Gasteiger partial charge in [0.2, 0.25) is 5.78 Å². The molecule has 3 nitrogen and oxygen atoms in total. The number of Topliss-reactive ketones (excluding diaryl/α,β-unsaturated/α-hetero) is 1. The Morgan fingerprint density at radius 3 is 2.93 bits per heavy atom. The number of ketones is 1. The Hall–Kier alpha value is -0.920. The smallest absolute Gasteiger partial charge is 0.359 e. The van der Waals surface area contributed by atoms with Gasteiger partial charge in [0.1, 0.15) is 0 Å². The van der Waals surface area contributed by atoms with Crippen LogP contribution < -0.4 is 5.32 Å².